The fourth-order valence-electron chi connectivity index (χ4n) is 1.88. The van der Waals surface area contributed by atoms with Gasteiger partial charge in [0.15, 0.2) is 0 Å². The molecule has 2 atom stereocenters. The van der Waals surface area contributed by atoms with Gasteiger partial charge in [0.25, 0.3) is 0 Å². The van der Waals surface area contributed by atoms with Crippen molar-refractivity contribution in [2.45, 2.75) is 19.9 Å². The van der Waals surface area contributed by atoms with Crippen LogP contribution in [0.15, 0.2) is 35.5 Å². The van der Waals surface area contributed by atoms with Crippen LogP contribution >= 0.6 is 0 Å². The second-order valence-electron chi connectivity index (χ2n) is 3.72. The van der Waals surface area contributed by atoms with Crippen molar-refractivity contribution in [3.8, 4) is 0 Å². The first-order valence-corrected chi connectivity index (χ1v) is 4.52. The fraction of sp³-hybridized carbons (Fsp3) is 0.364. The van der Waals surface area contributed by atoms with Crippen molar-refractivity contribution in [1.29, 1.82) is 0 Å². The highest BCUT2D eigenvalue weighted by Gasteiger charge is 2.26. The van der Waals surface area contributed by atoms with E-state index in [1.54, 1.807) is 6.08 Å². The molecule has 68 valence electrons. The Morgan fingerprint density at radius 1 is 1.38 bits per heavy atom. The van der Waals surface area contributed by atoms with E-state index in [0.717, 1.165) is 5.57 Å². The van der Waals surface area contributed by atoms with Crippen molar-refractivity contribution in [1.82, 2.24) is 5.32 Å². The second kappa shape index (κ2) is 2.87. The highest BCUT2D eigenvalue weighted by Crippen LogP contribution is 2.26. The molecule has 0 bridgehead atoms. The molecular formula is C11H13NO. The summed E-state index contributed by atoms with van der Waals surface area (Å²) in [6, 6.07) is 0.168. The Bertz CT molecular complexity index is 336. The highest BCUT2D eigenvalue weighted by atomic mass is 16.1. The van der Waals surface area contributed by atoms with Gasteiger partial charge in [-0.2, -0.15) is 0 Å². The molecular weight excluding hydrogens is 162 g/mol. The molecule has 0 saturated heterocycles. The monoisotopic (exact) mass is 175 g/mol. The quantitative estimate of drug-likeness (QED) is 0.594. The lowest BCUT2D eigenvalue weighted by atomic mass is 9.84. The van der Waals surface area contributed by atoms with E-state index in [-0.39, 0.29) is 11.9 Å². The maximum Gasteiger partial charge on any atom is 0.244 e. The van der Waals surface area contributed by atoms with E-state index in [4.69, 9.17) is 0 Å². The molecule has 2 heteroatoms. The molecule has 1 aliphatic carbocycles. The van der Waals surface area contributed by atoms with Crippen molar-refractivity contribution in [2.24, 2.45) is 5.92 Å². The van der Waals surface area contributed by atoms with Gasteiger partial charge in [0.2, 0.25) is 5.91 Å². The molecule has 1 heterocycles. The third-order valence-electron chi connectivity index (χ3n) is 2.59. The fourth-order valence-corrected chi connectivity index (χ4v) is 1.88. The molecule has 1 N–H and O–H groups in total. The summed E-state index contributed by atoms with van der Waals surface area (Å²) in [6.45, 7) is 4.09. The predicted octanol–water partition coefficient (Wildman–Crippen LogP) is 1.56. The van der Waals surface area contributed by atoms with Crippen LogP contribution in [-0.4, -0.2) is 11.9 Å². The Morgan fingerprint density at radius 3 is 2.92 bits per heavy atom. The molecule has 0 spiro atoms. The molecule has 0 radical (unpaired) electrons. The van der Waals surface area contributed by atoms with Gasteiger partial charge >= 0.3 is 0 Å². The maximum absolute atomic E-state index is 11.2. The number of rotatable bonds is 0. The lowest BCUT2D eigenvalue weighted by molar-refractivity contribution is -0.117. The van der Waals surface area contributed by atoms with E-state index in [1.165, 1.54) is 5.57 Å². The van der Waals surface area contributed by atoms with Gasteiger partial charge in [-0.1, -0.05) is 29.4 Å². The zero-order valence-corrected chi connectivity index (χ0v) is 7.87. The van der Waals surface area contributed by atoms with E-state index in [0.29, 0.717) is 5.92 Å². The molecule has 13 heavy (non-hydrogen) atoms. The number of amides is 1. The smallest absolute Gasteiger partial charge is 0.244 e. The van der Waals surface area contributed by atoms with Crippen LogP contribution in [0.1, 0.15) is 13.8 Å². The number of nitrogens with one attached hydrogen (secondary N) is 1. The average molecular weight is 175 g/mol. The van der Waals surface area contributed by atoms with Gasteiger partial charge in [0.1, 0.15) is 0 Å². The van der Waals surface area contributed by atoms with Gasteiger partial charge in [-0.15, -0.1) is 0 Å². The third kappa shape index (κ3) is 1.44. The van der Waals surface area contributed by atoms with E-state index in [2.05, 4.69) is 30.5 Å². The van der Waals surface area contributed by atoms with Crippen LogP contribution in [0.3, 0.4) is 0 Å². The largest absolute Gasteiger partial charge is 0.345 e. The number of allylic oxidation sites excluding steroid dienone is 2. The summed E-state index contributed by atoms with van der Waals surface area (Å²) in [5.74, 6) is 0.388. The number of carbonyl (C=O) groups excluding carboxylic acids is 1. The Hall–Kier alpha value is -1.31. The molecule has 2 nitrogen and oxygen atoms in total. The zero-order valence-electron chi connectivity index (χ0n) is 7.87. The summed E-state index contributed by atoms with van der Waals surface area (Å²) in [5, 5.41) is 2.92. The van der Waals surface area contributed by atoms with Crippen LogP contribution in [0.5, 0.6) is 0 Å². The molecule has 2 aliphatic rings. The van der Waals surface area contributed by atoms with Gasteiger partial charge in [-0.25, -0.2) is 0 Å². The lowest BCUT2D eigenvalue weighted by Crippen LogP contribution is -2.42. The highest BCUT2D eigenvalue weighted by molar-refractivity contribution is 5.90. The van der Waals surface area contributed by atoms with E-state index >= 15 is 0 Å². The summed E-state index contributed by atoms with van der Waals surface area (Å²) >= 11 is 0. The number of hydrogen-bond donors (Lipinski definition) is 1. The molecule has 0 aromatic rings. The summed E-state index contributed by atoms with van der Waals surface area (Å²) in [4.78, 5) is 11.2. The van der Waals surface area contributed by atoms with Crippen molar-refractivity contribution in [3.05, 3.63) is 35.5 Å². The standard InChI is InChI=1S/C11H13NO/c1-7-3-4-10-9(5-7)8(2)6-11(13)12-10/h3-6,9-10H,1-2H3,(H,12,13). The summed E-state index contributed by atoms with van der Waals surface area (Å²) < 4.78 is 0. The number of fused-ring (bicyclic) bond motifs is 1. The van der Waals surface area contributed by atoms with E-state index < -0.39 is 0 Å². The van der Waals surface area contributed by atoms with Gasteiger partial charge in [0, 0.05) is 12.0 Å². The van der Waals surface area contributed by atoms with Crippen LogP contribution < -0.4 is 5.32 Å². The Balaban J connectivity index is 2.35. The number of hydrogen-bond acceptors (Lipinski definition) is 1. The Morgan fingerprint density at radius 2 is 2.15 bits per heavy atom. The molecule has 2 unspecified atom stereocenters. The summed E-state index contributed by atoms with van der Waals surface area (Å²) in [6.07, 6.45) is 8.01. The van der Waals surface area contributed by atoms with Gasteiger partial charge < -0.3 is 5.32 Å². The van der Waals surface area contributed by atoms with Crippen molar-refractivity contribution in [2.75, 3.05) is 0 Å². The van der Waals surface area contributed by atoms with Crippen LogP contribution in [-0.2, 0) is 4.79 Å². The summed E-state index contributed by atoms with van der Waals surface area (Å²) in [7, 11) is 0. The van der Waals surface area contributed by atoms with Crippen LogP contribution in [0.4, 0.5) is 0 Å². The molecule has 0 fully saturated rings. The molecule has 1 amide bonds. The zero-order chi connectivity index (χ0) is 9.42. The Kier molecular flexibility index (Phi) is 1.83. The molecule has 0 aromatic carbocycles. The first-order valence-electron chi connectivity index (χ1n) is 4.52. The van der Waals surface area contributed by atoms with Crippen LogP contribution in [0.25, 0.3) is 0 Å². The minimum absolute atomic E-state index is 0.0244. The van der Waals surface area contributed by atoms with Gasteiger partial charge in [-0.3, -0.25) is 4.79 Å². The third-order valence-corrected chi connectivity index (χ3v) is 2.59. The van der Waals surface area contributed by atoms with Gasteiger partial charge in [0.05, 0.1) is 6.04 Å². The average Bonchev–Trinajstić information content (AvgIpc) is 2.06. The minimum atomic E-state index is 0.0244. The number of carbonyl (C=O) groups is 1. The molecule has 0 saturated carbocycles. The Labute approximate surface area is 78.0 Å². The first-order chi connectivity index (χ1) is 6.16. The van der Waals surface area contributed by atoms with Gasteiger partial charge in [-0.05, 0) is 13.8 Å². The molecule has 2 rings (SSSR count). The van der Waals surface area contributed by atoms with Crippen molar-refractivity contribution in [3.63, 3.8) is 0 Å². The normalized spacial score (nSPS) is 31.7. The first kappa shape index (κ1) is 8.30. The lowest BCUT2D eigenvalue weighted by Gasteiger charge is -2.30. The summed E-state index contributed by atoms with van der Waals surface area (Å²) in [5.41, 5.74) is 2.42. The van der Waals surface area contributed by atoms with Crippen LogP contribution in [0.2, 0.25) is 0 Å². The van der Waals surface area contributed by atoms with Crippen molar-refractivity contribution >= 4 is 5.91 Å². The minimum Gasteiger partial charge on any atom is -0.345 e. The molecule has 0 aromatic heterocycles. The second-order valence-corrected chi connectivity index (χ2v) is 3.72. The SMILES string of the molecule is CC1=CC2C(C)=CC(=O)NC2C=C1. The van der Waals surface area contributed by atoms with Crippen LogP contribution in [0, 0.1) is 5.92 Å². The predicted molar refractivity (Wildman–Crippen MR) is 52.1 cm³/mol. The maximum atomic E-state index is 11.2. The topological polar surface area (TPSA) is 29.1 Å². The van der Waals surface area contributed by atoms with E-state index in [1.807, 2.05) is 6.92 Å². The van der Waals surface area contributed by atoms with Crippen molar-refractivity contribution < 1.29 is 4.79 Å². The molecule has 1 aliphatic heterocycles. The van der Waals surface area contributed by atoms with E-state index in [9.17, 15) is 4.79 Å².